The average molecular weight is 774 g/mol. The lowest BCUT2D eigenvalue weighted by Gasteiger charge is -2.19. The summed E-state index contributed by atoms with van der Waals surface area (Å²) in [5.41, 5.74) is 10.9. The second-order valence-electron chi connectivity index (χ2n) is 12.1. The van der Waals surface area contributed by atoms with Crippen LogP contribution in [0, 0.1) is 0 Å². The summed E-state index contributed by atoms with van der Waals surface area (Å²) in [6.45, 7) is -1.15. The monoisotopic (exact) mass is 773 g/mol. The van der Waals surface area contributed by atoms with Gasteiger partial charge in [0.15, 0.2) is 0 Å². The van der Waals surface area contributed by atoms with Gasteiger partial charge in [-0.05, 0) is 70.9 Å². The molecule has 0 heterocycles. The molecule has 0 spiro atoms. The molecule has 0 saturated heterocycles. The van der Waals surface area contributed by atoms with Crippen molar-refractivity contribution in [3.05, 3.63) is 0 Å². The lowest BCUT2D eigenvalue weighted by molar-refractivity contribution is -0.139. The van der Waals surface area contributed by atoms with E-state index in [0.29, 0.717) is 45.2 Å². The molecule has 14 N–H and O–H groups in total. The fourth-order valence-corrected chi connectivity index (χ4v) is 4.69. The molecule has 54 heavy (non-hydrogen) atoms. The van der Waals surface area contributed by atoms with E-state index in [9.17, 15) is 47.9 Å². The van der Waals surface area contributed by atoms with Crippen LogP contribution in [0.2, 0.25) is 0 Å². The predicted octanol–water partition coefficient (Wildman–Crippen LogP) is -3.85. The molecule has 0 bridgehead atoms. The molecular formula is C32H55N9O13. The molecule has 0 fully saturated rings. The molecule has 3 atom stereocenters. The third kappa shape index (κ3) is 25.6. The van der Waals surface area contributed by atoms with Crippen molar-refractivity contribution in [3.63, 3.8) is 0 Å². The van der Waals surface area contributed by atoms with Crippen LogP contribution in [0.15, 0.2) is 0 Å². The second-order valence-corrected chi connectivity index (χ2v) is 12.1. The van der Waals surface area contributed by atoms with Crippen LogP contribution in [0.25, 0.3) is 0 Å². The molecule has 0 aromatic rings. The number of carbonyl (C=O) groups excluding carboxylic acids is 7. The SMILES string of the molecule is NCCCCC(NC(=O)CCC(=O)NCCCCC(NC(=O)CCC(=O)NC(CCCCN)C(=O)NCC(=O)O)C(=O)NCC(=O)O)C(=O)NCC(=O)O. The summed E-state index contributed by atoms with van der Waals surface area (Å²) in [6.07, 6.45) is 1.88. The van der Waals surface area contributed by atoms with Gasteiger partial charge in [0.2, 0.25) is 41.4 Å². The molecule has 0 aromatic carbocycles. The van der Waals surface area contributed by atoms with Crippen molar-refractivity contribution in [1.29, 1.82) is 0 Å². The highest BCUT2D eigenvalue weighted by molar-refractivity contribution is 5.93. The first kappa shape index (κ1) is 48.6. The Morgan fingerprint density at radius 3 is 1.00 bits per heavy atom. The molecule has 3 unspecified atom stereocenters. The van der Waals surface area contributed by atoms with E-state index in [1.165, 1.54) is 0 Å². The highest BCUT2D eigenvalue weighted by atomic mass is 16.4. The molecule has 0 aromatic heterocycles. The van der Waals surface area contributed by atoms with Gasteiger partial charge in [-0.2, -0.15) is 0 Å². The topological polar surface area (TPSA) is 368 Å². The molecule has 22 heteroatoms. The van der Waals surface area contributed by atoms with Crippen LogP contribution in [0.3, 0.4) is 0 Å². The van der Waals surface area contributed by atoms with Gasteiger partial charge in [-0.3, -0.25) is 47.9 Å². The third-order valence-electron chi connectivity index (χ3n) is 7.49. The van der Waals surface area contributed by atoms with Crippen LogP contribution < -0.4 is 48.7 Å². The molecule has 7 amide bonds. The largest absolute Gasteiger partial charge is 0.480 e. The molecule has 306 valence electrons. The van der Waals surface area contributed by atoms with E-state index in [1.54, 1.807) is 0 Å². The van der Waals surface area contributed by atoms with Gasteiger partial charge >= 0.3 is 17.9 Å². The number of carboxylic acid groups (broad SMARTS) is 3. The number of rotatable bonds is 31. The summed E-state index contributed by atoms with van der Waals surface area (Å²) in [4.78, 5) is 120. The van der Waals surface area contributed by atoms with Crippen molar-refractivity contribution in [3.8, 4) is 0 Å². The predicted molar refractivity (Wildman–Crippen MR) is 189 cm³/mol. The number of nitrogens with two attached hydrogens (primary N) is 2. The van der Waals surface area contributed by atoms with Crippen molar-refractivity contribution in [2.45, 2.75) is 102 Å². The average Bonchev–Trinajstić information content (AvgIpc) is 3.11. The Labute approximate surface area is 312 Å². The molecule has 0 rings (SSSR count). The standard InChI is InChI=1S/C32H55N9O13/c33-14-4-1-7-20(30(52)36-17-27(46)47)39-24(43)11-10-23(42)35-16-6-3-9-22(32(54)38-19-29(50)51)41-26(45)13-12-25(44)40-21(8-2-5-15-34)31(53)37-18-28(48)49/h20-22H,1-19,33-34H2,(H,35,42)(H,36,52)(H,37,53)(H,38,54)(H,39,43)(H,40,44)(H,41,45)(H,46,47)(H,48,49)(H,50,51). The van der Waals surface area contributed by atoms with E-state index < -0.39 is 103 Å². The van der Waals surface area contributed by atoms with Crippen LogP contribution in [0.5, 0.6) is 0 Å². The minimum atomic E-state index is -1.32. The van der Waals surface area contributed by atoms with Crippen molar-refractivity contribution in [2.75, 3.05) is 39.3 Å². The summed E-state index contributed by atoms with van der Waals surface area (Å²) in [5.74, 6) is -8.52. The summed E-state index contributed by atoms with van der Waals surface area (Å²) >= 11 is 0. The van der Waals surface area contributed by atoms with Gasteiger partial charge in [0.1, 0.15) is 37.8 Å². The number of nitrogens with one attached hydrogen (secondary N) is 7. The highest BCUT2D eigenvalue weighted by Crippen LogP contribution is 2.06. The Kier molecular flexibility index (Phi) is 26.2. The van der Waals surface area contributed by atoms with Crippen molar-refractivity contribution >= 4 is 59.3 Å². The highest BCUT2D eigenvalue weighted by Gasteiger charge is 2.24. The quantitative estimate of drug-likeness (QED) is 0.0300. The van der Waals surface area contributed by atoms with Crippen molar-refractivity contribution in [1.82, 2.24) is 37.2 Å². The van der Waals surface area contributed by atoms with Crippen molar-refractivity contribution < 1.29 is 63.3 Å². The Balaban J connectivity index is 4.94. The summed E-state index contributed by atoms with van der Waals surface area (Å²) in [5, 5.41) is 43.1. The van der Waals surface area contributed by atoms with Crippen molar-refractivity contribution in [2.24, 2.45) is 11.5 Å². The maximum absolute atomic E-state index is 12.7. The molecule has 22 nitrogen and oxygen atoms in total. The van der Waals surface area contributed by atoms with Gasteiger partial charge < -0.3 is 64.0 Å². The number of carbonyl (C=O) groups is 10. The number of carboxylic acids is 3. The Bertz CT molecular complexity index is 1280. The molecule has 0 saturated carbocycles. The van der Waals surface area contributed by atoms with Gasteiger partial charge in [0.05, 0.1) is 0 Å². The molecule has 0 aliphatic carbocycles. The zero-order valence-electron chi connectivity index (χ0n) is 30.2. The van der Waals surface area contributed by atoms with E-state index in [1.807, 2.05) is 0 Å². The van der Waals surface area contributed by atoms with Crippen LogP contribution in [-0.2, 0) is 47.9 Å². The Morgan fingerprint density at radius 1 is 0.407 bits per heavy atom. The zero-order valence-corrected chi connectivity index (χ0v) is 30.2. The lowest BCUT2D eigenvalue weighted by Crippen LogP contribution is -2.49. The third-order valence-corrected chi connectivity index (χ3v) is 7.49. The summed E-state index contributed by atoms with van der Waals surface area (Å²) < 4.78 is 0. The first-order valence-corrected chi connectivity index (χ1v) is 17.6. The van der Waals surface area contributed by atoms with E-state index in [0.717, 1.165) is 0 Å². The first-order chi connectivity index (χ1) is 25.6. The first-order valence-electron chi connectivity index (χ1n) is 17.6. The van der Waals surface area contributed by atoms with E-state index in [2.05, 4.69) is 37.2 Å². The van der Waals surface area contributed by atoms with E-state index in [-0.39, 0.29) is 51.5 Å². The normalized spacial score (nSPS) is 12.2. The van der Waals surface area contributed by atoms with Crippen LogP contribution >= 0.6 is 0 Å². The minimum absolute atomic E-state index is 0.0319. The van der Waals surface area contributed by atoms with Gasteiger partial charge in [-0.1, -0.05) is 0 Å². The Morgan fingerprint density at radius 2 is 0.704 bits per heavy atom. The maximum atomic E-state index is 12.7. The smallest absolute Gasteiger partial charge is 0.322 e. The van der Waals surface area contributed by atoms with Gasteiger partial charge in [-0.15, -0.1) is 0 Å². The van der Waals surface area contributed by atoms with Gasteiger partial charge in [-0.25, -0.2) is 0 Å². The van der Waals surface area contributed by atoms with Gasteiger partial charge in [0.25, 0.3) is 0 Å². The molecule has 0 aliphatic heterocycles. The summed E-state index contributed by atoms with van der Waals surface area (Å²) in [6, 6.07) is -3.25. The number of hydrogen-bond acceptors (Lipinski definition) is 12. The number of aliphatic carboxylic acids is 3. The van der Waals surface area contributed by atoms with Crippen LogP contribution in [-0.4, -0.2) is 132 Å². The fraction of sp³-hybridized carbons (Fsp3) is 0.688. The molecule has 0 aliphatic rings. The molecule has 0 radical (unpaired) electrons. The number of unbranched alkanes of at least 4 members (excludes halogenated alkanes) is 3. The van der Waals surface area contributed by atoms with Crippen LogP contribution in [0.1, 0.15) is 83.5 Å². The fourth-order valence-electron chi connectivity index (χ4n) is 4.69. The molecular weight excluding hydrogens is 718 g/mol. The second kappa shape index (κ2) is 29.1. The lowest BCUT2D eigenvalue weighted by atomic mass is 10.1. The summed E-state index contributed by atoms with van der Waals surface area (Å²) in [7, 11) is 0. The van der Waals surface area contributed by atoms with E-state index in [4.69, 9.17) is 26.8 Å². The number of amides is 7. The minimum Gasteiger partial charge on any atom is -0.480 e. The zero-order chi connectivity index (χ0) is 40.9. The Hall–Kier alpha value is -5.38. The van der Waals surface area contributed by atoms with E-state index >= 15 is 0 Å². The van der Waals surface area contributed by atoms with Crippen LogP contribution in [0.4, 0.5) is 0 Å². The maximum Gasteiger partial charge on any atom is 0.322 e. The van der Waals surface area contributed by atoms with Gasteiger partial charge in [0, 0.05) is 32.2 Å². The number of hydrogen-bond donors (Lipinski definition) is 12.